The molecule has 0 fully saturated rings. The highest BCUT2D eigenvalue weighted by atomic mass is 35.5. The van der Waals surface area contributed by atoms with Crippen molar-refractivity contribution < 1.29 is 13.9 Å². The summed E-state index contributed by atoms with van der Waals surface area (Å²) in [6.07, 6.45) is 3.87. The van der Waals surface area contributed by atoms with Crippen LogP contribution in [0.5, 0.6) is 0 Å². The zero-order valence-corrected chi connectivity index (χ0v) is 12.7. The molecule has 0 unspecified atom stereocenters. The predicted molar refractivity (Wildman–Crippen MR) is 82.3 cm³/mol. The second-order valence-corrected chi connectivity index (χ2v) is 4.83. The van der Waals surface area contributed by atoms with Crippen LogP contribution in [0.15, 0.2) is 30.6 Å². The minimum Gasteiger partial charge on any atom is -0.449 e. The monoisotopic (exact) mass is 323 g/mol. The molecule has 116 valence electrons. The number of carbonyl (C=O) groups excluding carboxylic acids is 1. The first-order chi connectivity index (χ1) is 10.6. The molecule has 22 heavy (non-hydrogen) atoms. The molecule has 0 radical (unpaired) electrons. The Morgan fingerprint density at radius 2 is 2.18 bits per heavy atom. The molecule has 0 aliphatic heterocycles. The van der Waals surface area contributed by atoms with Gasteiger partial charge in [0.25, 0.3) is 0 Å². The maximum Gasteiger partial charge on any atom is 0.411 e. The molecule has 0 saturated carbocycles. The van der Waals surface area contributed by atoms with Gasteiger partial charge in [-0.3, -0.25) is 10.3 Å². The Morgan fingerprint density at radius 3 is 2.91 bits per heavy atom. The van der Waals surface area contributed by atoms with Gasteiger partial charge in [-0.25, -0.2) is 14.2 Å². The third-order valence-electron chi connectivity index (χ3n) is 2.88. The second kappa shape index (κ2) is 7.70. The standard InChI is InChI=1S/C15H15ClFN3O2/c1-2-3-9-22-15(21)20-13-10(6-8-19-14(13)16)12-11(17)5-4-7-18-12/h4-8H,2-3,9H2,1H3,(H,20,21). The molecule has 0 spiro atoms. The molecule has 0 aliphatic carbocycles. The number of carbonyl (C=O) groups is 1. The van der Waals surface area contributed by atoms with Crippen molar-refractivity contribution in [3.8, 4) is 11.3 Å². The maximum atomic E-state index is 13.9. The fourth-order valence-corrected chi connectivity index (χ4v) is 1.99. The summed E-state index contributed by atoms with van der Waals surface area (Å²) in [6, 6.07) is 4.28. The van der Waals surface area contributed by atoms with E-state index in [2.05, 4.69) is 15.3 Å². The highest BCUT2D eigenvalue weighted by Gasteiger charge is 2.17. The fraction of sp³-hybridized carbons (Fsp3) is 0.267. The molecule has 1 amide bonds. The second-order valence-electron chi connectivity index (χ2n) is 4.47. The Hall–Kier alpha value is -2.21. The number of hydrogen-bond acceptors (Lipinski definition) is 4. The maximum absolute atomic E-state index is 13.9. The van der Waals surface area contributed by atoms with Gasteiger partial charge in [-0.15, -0.1) is 0 Å². The highest BCUT2D eigenvalue weighted by molar-refractivity contribution is 6.33. The number of ether oxygens (including phenoxy) is 1. The average molecular weight is 324 g/mol. The van der Waals surface area contributed by atoms with E-state index >= 15 is 0 Å². The number of amides is 1. The summed E-state index contributed by atoms with van der Waals surface area (Å²) in [5.74, 6) is -0.521. The van der Waals surface area contributed by atoms with Gasteiger partial charge >= 0.3 is 6.09 Å². The molecule has 0 aromatic carbocycles. The van der Waals surface area contributed by atoms with E-state index in [0.717, 1.165) is 12.8 Å². The van der Waals surface area contributed by atoms with Gasteiger partial charge < -0.3 is 4.74 Å². The van der Waals surface area contributed by atoms with Crippen LogP contribution in [0.25, 0.3) is 11.3 Å². The minimum atomic E-state index is -0.666. The summed E-state index contributed by atoms with van der Waals surface area (Å²) in [5.41, 5.74) is 0.587. The van der Waals surface area contributed by atoms with E-state index in [4.69, 9.17) is 16.3 Å². The van der Waals surface area contributed by atoms with Crippen molar-refractivity contribution in [2.24, 2.45) is 0 Å². The number of anilines is 1. The zero-order chi connectivity index (χ0) is 15.9. The molecule has 1 N–H and O–H groups in total. The van der Waals surface area contributed by atoms with E-state index in [0.29, 0.717) is 12.2 Å². The Morgan fingerprint density at radius 1 is 1.36 bits per heavy atom. The molecule has 2 aromatic rings. The van der Waals surface area contributed by atoms with E-state index in [1.807, 2.05) is 6.92 Å². The number of nitrogens with zero attached hydrogens (tertiary/aromatic N) is 2. The summed E-state index contributed by atoms with van der Waals surface area (Å²) >= 11 is 6.01. The van der Waals surface area contributed by atoms with Gasteiger partial charge in [0, 0.05) is 18.0 Å². The van der Waals surface area contributed by atoms with Crippen molar-refractivity contribution >= 4 is 23.4 Å². The lowest BCUT2D eigenvalue weighted by molar-refractivity contribution is 0.160. The van der Waals surface area contributed by atoms with Crippen LogP contribution in [0.4, 0.5) is 14.9 Å². The van der Waals surface area contributed by atoms with Gasteiger partial charge in [0.1, 0.15) is 11.5 Å². The van der Waals surface area contributed by atoms with Crippen LogP contribution in [0.1, 0.15) is 19.8 Å². The number of aromatic nitrogens is 2. The Balaban J connectivity index is 2.28. The quantitative estimate of drug-likeness (QED) is 0.658. The Kier molecular flexibility index (Phi) is 5.66. The Bertz CT molecular complexity index is 667. The third kappa shape index (κ3) is 3.92. The van der Waals surface area contributed by atoms with Gasteiger partial charge in [0.15, 0.2) is 5.15 Å². The van der Waals surface area contributed by atoms with Gasteiger partial charge in [-0.05, 0) is 24.6 Å². The molecule has 2 aromatic heterocycles. The smallest absolute Gasteiger partial charge is 0.411 e. The SMILES string of the molecule is CCCCOC(=O)Nc1c(-c2ncccc2F)ccnc1Cl. The lowest BCUT2D eigenvalue weighted by Crippen LogP contribution is -2.15. The van der Waals surface area contributed by atoms with Gasteiger partial charge in [-0.2, -0.15) is 0 Å². The number of hydrogen-bond donors (Lipinski definition) is 1. The van der Waals surface area contributed by atoms with Crippen molar-refractivity contribution in [1.29, 1.82) is 0 Å². The molecular weight excluding hydrogens is 309 g/mol. The number of nitrogens with one attached hydrogen (secondary N) is 1. The summed E-state index contributed by atoms with van der Waals surface area (Å²) in [6.45, 7) is 2.29. The van der Waals surface area contributed by atoms with Crippen LogP contribution in [0, 0.1) is 5.82 Å². The minimum absolute atomic E-state index is 0.0370. The predicted octanol–water partition coefficient (Wildman–Crippen LogP) is 4.28. The topological polar surface area (TPSA) is 64.1 Å². The van der Waals surface area contributed by atoms with Crippen molar-refractivity contribution in [1.82, 2.24) is 9.97 Å². The average Bonchev–Trinajstić information content (AvgIpc) is 2.50. The summed E-state index contributed by atoms with van der Waals surface area (Å²) in [5, 5.41) is 2.54. The molecule has 0 saturated heterocycles. The van der Waals surface area contributed by atoms with E-state index < -0.39 is 11.9 Å². The van der Waals surface area contributed by atoms with Gasteiger partial charge in [0.2, 0.25) is 0 Å². The Labute approximate surface area is 132 Å². The van der Waals surface area contributed by atoms with Crippen molar-refractivity contribution in [3.63, 3.8) is 0 Å². The van der Waals surface area contributed by atoms with E-state index in [9.17, 15) is 9.18 Å². The molecule has 2 heterocycles. The number of pyridine rings is 2. The highest BCUT2D eigenvalue weighted by Crippen LogP contribution is 2.32. The first kappa shape index (κ1) is 16.2. The lowest BCUT2D eigenvalue weighted by atomic mass is 10.1. The van der Waals surface area contributed by atoms with Crippen molar-refractivity contribution in [3.05, 3.63) is 41.6 Å². The molecule has 0 atom stereocenters. The van der Waals surface area contributed by atoms with Crippen LogP contribution >= 0.6 is 11.6 Å². The van der Waals surface area contributed by atoms with E-state index in [1.165, 1.54) is 30.6 Å². The zero-order valence-electron chi connectivity index (χ0n) is 12.0. The van der Waals surface area contributed by atoms with Gasteiger partial charge in [0.05, 0.1) is 12.3 Å². The number of halogens is 2. The van der Waals surface area contributed by atoms with Crippen LogP contribution in [0.3, 0.4) is 0 Å². The molecular formula is C15H15ClFN3O2. The van der Waals surface area contributed by atoms with Gasteiger partial charge in [-0.1, -0.05) is 24.9 Å². The lowest BCUT2D eigenvalue weighted by Gasteiger charge is -2.12. The molecule has 2 rings (SSSR count). The third-order valence-corrected chi connectivity index (χ3v) is 3.16. The number of unbranched alkanes of at least 4 members (excludes halogenated alkanes) is 1. The fourth-order valence-electron chi connectivity index (χ4n) is 1.78. The number of rotatable bonds is 5. The van der Waals surface area contributed by atoms with Crippen LogP contribution in [-0.4, -0.2) is 22.7 Å². The van der Waals surface area contributed by atoms with Crippen molar-refractivity contribution in [2.45, 2.75) is 19.8 Å². The van der Waals surface area contributed by atoms with E-state index in [-0.39, 0.29) is 16.5 Å². The van der Waals surface area contributed by atoms with Crippen LogP contribution < -0.4 is 5.32 Å². The summed E-state index contributed by atoms with van der Waals surface area (Å²) in [4.78, 5) is 19.6. The molecule has 0 aliphatic rings. The van der Waals surface area contributed by atoms with Crippen molar-refractivity contribution in [2.75, 3.05) is 11.9 Å². The molecule has 7 heteroatoms. The normalized spacial score (nSPS) is 10.3. The largest absolute Gasteiger partial charge is 0.449 e. The molecule has 5 nitrogen and oxygen atoms in total. The summed E-state index contributed by atoms with van der Waals surface area (Å²) in [7, 11) is 0. The van der Waals surface area contributed by atoms with Crippen LogP contribution in [-0.2, 0) is 4.74 Å². The summed E-state index contributed by atoms with van der Waals surface area (Å²) < 4.78 is 18.9. The first-order valence-electron chi connectivity index (χ1n) is 6.82. The van der Waals surface area contributed by atoms with E-state index in [1.54, 1.807) is 0 Å². The van der Waals surface area contributed by atoms with Crippen LogP contribution in [0.2, 0.25) is 5.15 Å². The first-order valence-corrected chi connectivity index (χ1v) is 7.20. The molecule has 0 bridgehead atoms.